The zero-order valence-corrected chi connectivity index (χ0v) is 23.1. The van der Waals surface area contributed by atoms with E-state index in [0.29, 0.717) is 31.3 Å². The Hall–Kier alpha value is -2.45. The Kier molecular flexibility index (Phi) is 8.75. The minimum absolute atomic E-state index is 0.0881. The molecule has 0 aromatic rings. The van der Waals surface area contributed by atoms with E-state index >= 15 is 0 Å². The smallest absolute Gasteiger partial charge is 0.333 e. The first-order chi connectivity index (χ1) is 17.3. The van der Waals surface area contributed by atoms with Gasteiger partial charge in [-0.2, -0.15) is 0 Å². The average molecular weight is 519 g/mol. The van der Waals surface area contributed by atoms with E-state index in [1.54, 1.807) is 26.0 Å². The Morgan fingerprint density at radius 1 is 1.05 bits per heavy atom. The molecule has 0 aromatic carbocycles. The maximum absolute atomic E-state index is 12.8. The minimum atomic E-state index is -1.11. The monoisotopic (exact) mass is 518 g/mol. The van der Waals surface area contributed by atoms with Gasteiger partial charge in [-0.25, -0.2) is 4.79 Å². The number of rotatable bonds is 7. The molecule has 9 atom stereocenters. The van der Waals surface area contributed by atoms with E-state index < -0.39 is 54.0 Å². The number of allylic oxidation sites excluding steroid dienone is 4. The van der Waals surface area contributed by atoms with E-state index in [1.807, 2.05) is 6.92 Å². The summed E-state index contributed by atoms with van der Waals surface area (Å²) in [4.78, 5) is 37.0. The van der Waals surface area contributed by atoms with Gasteiger partial charge in [-0.3, -0.25) is 9.59 Å². The summed E-state index contributed by atoms with van der Waals surface area (Å²) in [5.74, 6) is -2.24. The highest BCUT2D eigenvalue weighted by molar-refractivity contribution is 5.87. The van der Waals surface area contributed by atoms with Crippen LogP contribution in [-0.2, 0) is 33.3 Å². The summed E-state index contributed by atoms with van der Waals surface area (Å²) in [7, 11) is 0. The Bertz CT molecular complexity index is 982. The van der Waals surface area contributed by atoms with Gasteiger partial charge in [-0.1, -0.05) is 44.2 Å². The first-order valence-corrected chi connectivity index (χ1v) is 13.1. The van der Waals surface area contributed by atoms with Gasteiger partial charge in [0.15, 0.2) is 0 Å². The molecular formula is C29H42O8. The fourth-order valence-electron chi connectivity index (χ4n) is 6.78. The lowest BCUT2D eigenvalue weighted by Gasteiger charge is -2.62. The van der Waals surface area contributed by atoms with Gasteiger partial charge in [-0.15, -0.1) is 0 Å². The van der Waals surface area contributed by atoms with Gasteiger partial charge in [0.2, 0.25) is 12.6 Å². The lowest BCUT2D eigenvalue weighted by atomic mass is 9.43. The number of aliphatic hydroxyl groups excluding tert-OH is 1. The van der Waals surface area contributed by atoms with E-state index in [1.165, 1.54) is 13.8 Å². The molecule has 3 fully saturated rings. The van der Waals surface area contributed by atoms with Crippen molar-refractivity contribution >= 4 is 17.9 Å². The van der Waals surface area contributed by atoms with Crippen molar-refractivity contribution in [1.82, 2.24) is 0 Å². The van der Waals surface area contributed by atoms with E-state index in [0.717, 1.165) is 5.57 Å². The van der Waals surface area contributed by atoms with Crippen molar-refractivity contribution in [3.63, 3.8) is 0 Å². The summed E-state index contributed by atoms with van der Waals surface area (Å²) in [6.45, 7) is 16.2. The van der Waals surface area contributed by atoms with Crippen LogP contribution in [-0.4, -0.2) is 47.8 Å². The molecule has 0 amide bonds. The number of hydrogen-bond acceptors (Lipinski definition) is 8. The quantitative estimate of drug-likeness (QED) is 0.225. The summed E-state index contributed by atoms with van der Waals surface area (Å²) in [6, 6.07) is 0. The van der Waals surface area contributed by atoms with Crippen LogP contribution in [0.25, 0.3) is 0 Å². The standard InChI is InChI=1S/C29H42O8/c1-9-16(3)11-12-28(8)18(5)13-24(32)29-22(26(34-19(6)30)37-27(29)35-20(7)31)14-21(15-23(28)29)36-25(33)17(4)10-2/h9-11,18,21-24,26-27,32H,1,12-15H2,2-8H3/b16-11+,17-10+/t18-,21-,22+,23+,24-,26+,27-,28-,29?/m0/s1. The summed E-state index contributed by atoms with van der Waals surface area (Å²) in [5.41, 5.74) is 0.111. The fraction of sp³-hybridized carbons (Fsp3) is 0.690. The normalized spacial score (nSPS) is 39.7. The molecule has 1 heterocycles. The van der Waals surface area contributed by atoms with Gasteiger partial charge >= 0.3 is 17.9 Å². The Balaban J connectivity index is 2.18. The van der Waals surface area contributed by atoms with Crippen LogP contribution in [0.5, 0.6) is 0 Å². The van der Waals surface area contributed by atoms with E-state index in [-0.39, 0.29) is 17.3 Å². The van der Waals surface area contributed by atoms with Crippen LogP contribution in [0.2, 0.25) is 0 Å². The number of carbonyl (C=O) groups is 3. The third-order valence-electron chi connectivity index (χ3n) is 9.10. The summed E-state index contributed by atoms with van der Waals surface area (Å²) in [6.07, 6.45) is 3.99. The van der Waals surface area contributed by atoms with Crippen LogP contribution in [0.3, 0.4) is 0 Å². The molecule has 1 spiro atoms. The van der Waals surface area contributed by atoms with Crippen LogP contribution < -0.4 is 0 Å². The maximum atomic E-state index is 12.8. The fourth-order valence-corrected chi connectivity index (χ4v) is 6.78. The zero-order chi connectivity index (χ0) is 27.7. The van der Waals surface area contributed by atoms with Crippen molar-refractivity contribution < 1.29 is 38.4 Å². The minimum Gasteiger partial charge on any atom is -0.459 e. The van der Waals surface area contributed by atoms with Crippen molar-refractivity contribution in [2.24, 2.45) is 28.6 Å². The molecule has 3 aliphatic rings. The molecule has 1 saturated heterocycles. The third kappa shape index (κ3) is 5.28. The van der Waals surface area contributed by atoms with Crippen LogP contribution in [0, 0.1) is 28.6 Å². The van der Waals surface area contributed by atoms with Gasteiger partial charge in [0.05, 0.1) is 11.5 Å². The number of carbonyl (C=O) groups excluding carboxylic acids is 3. The van der Waals surface area contributed by atoms with E-state index in [4.69, 9.17) is 18.9 Å². The van der Waals surface area contributed by atoms with Crippen LogP contribution in [0.4, 0.5) is 0 Å². The highest BCUT2D eigenvalue weighted by atomic mass is 16.8. The highest BCUT2D eigenvalue weighted by Gasteiger charge is 2.73. The van der Waals surface area contributed by atoms with Gasteiger partial charge in [0, 0.05) is 25.3 Å². The zero-order valence-electron chi connectivity index (χ0n) is 23.1. The summed E-state index contributed by atoms with van der Waals surface area (Å²) in [5, 5.41) is 11.8. The highest BCUT2D eigenvalue weighted by Crippen LogP contribution is 2.68. The predicted octanol–water partition coefficient (Wildman–Crippen LogP) is 4.62. The molecular weight excluding hydrogens is 476 g/mol. The van der Waals surface area contributed by atoms with E-state index in [2.05, 4.69) is 26.5 Å². The number of ether oxygens (including phenoxy) is 4. The average Bonchev–Trinajstić information content (AvgIpc) is 3.12. The Morgan fingerprint density at radius 3 is 2.27 bits per heavy atom. The van der Waals surface area contributed by atoms with Crippen LogP contribution >= 0.6 is 0 Å². The number of aliphatic hydroxyl groups is 1. The molecule has 8 nitrogen and oxygen atoms in total. The molecule has 0 aromatic heterocycles. The molecule has 2 saturated carbocycles. The van der Waals surface area contributed by atoms with Gasteiger partial charge < -0.3 is 24.1 Å². The lowest BCUT2D eigenvalue weighted by Crippen LogP contribution is -2.66. The van der Waals surface area contributed by atoms with Crippen molar-refractivity contribution in [3.8, 4) is 0 Å². The molecule has 0 radical (unpaired) electrons. The molecule has 1 unspecified atom stereocenters. The van der Waals surface area contributed by atoms with E-state index in [9.17, 15) is 19.5 Å². The van der Waals surface area contributed by atoms with Crippen molar-refractivity contribution in [3.05, 3.63) is 36.0 Å². The number of esters is 3. The molecule has 1 aliphatic heterocycles. The molecule has 1 N–H and O–H groups in total. The van der Waals surface area contributed by atoms with Gasteiger partial charge in [-0.05, 0) is 63.7 Å². The van der Waals surface area contributed by atoms with Crippen LogP contribution in [0.15, 0.2) is 36.0 Å². The second-order valence-corrected chi connectivity index (χ2v) is 11.2. The number of hydrogen-bond donors (Lipinski definition) is 1. The molecule has 8 heteroatoms. The maximum Gasteiger partial charge on any atom is 0.333 e. The second kappa shape index (κ2) is 11.1. The van der Waals surface area contributed by atoms with Crippen LogP contribution in [0.1, 0.15) is 74.1 Å². The molecule has 0 bridgehead atoms. The summed E-state index contributed by atoms with van der Waals surface area (Å²) < 4.78 is 23.4. The predicted molar refractivity (Wildman–Crippen MR) is 137 cm³/mol. The largest absolute Gasteiger partial charge is 0.459 e. The summed E-state index contributed by atoms with van der Waals surface area (Å²) >= 11 is 0. The second-order valence-electron chi connectivity index (χ2n) is 11.2. The van der Waals surface area contributed by atoms with Crippen molar-refractivity contribution in [2.45, 2.75) is 98.9 Å². The molecule has 3 rings (SSSR count). The van der Waals surface area contributed by atoms with Crippen molar-refractivity contribution in [1.29, 1.82) is 0 Å². The lowest BCUT2D eigenvalue weighted by molar-refractivity contribution is -0.263. The molecule has 2 aliphatic carbocycles. The Labute approximate surface area is 220 Å². The molecule has 37 heavy (non-hydrogen) atoms. The van der Waals surface area contributed by atoms with Gasteiger partial charge in [0.1, 0.15) is 6.10 Å². The first-order valence-electron chi connectivity index (χ1n) is 13.1. The first kappa shape index (κ1) is 29.1. The molecule has 206 valence electrons. The topological polar surface area (TPSA) is 108 Å². The van der Waals surface area contributed by atoms with Gasteiger partial charge in [0.25, 0.3) is 0 Å². The third-order valence-corrected chi connectivity index (χ3v) is 9.10. The SMILES string of the molecule is C=C/C(C)=C/C[C@@]1(C)[C@@H](C)C[C@H](O)C23[C@@H](OC(C)=O)O[C@@H](OC(C)=O)[C@H]2C[C@H](OC(=O)/C(C)=C/C)C[C@@H]31. The Morgan fingerprint density at radius 2 is 1.70 bits per heavy atom. The van der Waals surface area contributed by atoms with Crippen molar-refractivity contribution in [2.75, 3.05) is 0 Å².